The number of esters is 1. The number of carbonyl (C=O) groups is 1. The lowest BCUT2D eigenvalue weighted by Crippen LogP contribution is -2.40. The molecule has 1 saturated heterocycles. The van der Waals surface area contributed by atoms with Crippen LogP contribution in [0.25, 0.3) is 0 Å². The van der Waals surface area contributed by atoms with Crippen molar-refractivity contribution in [2.45, 2.75) is 44.0 Å². The van der Waals surface area contributed by atoms with Crippen LogP contribution in [0.5, 0.6) is 17.2 Å². The summed E-state index contributed by atoms with van der Waals surface area (Å²) in [5, 5.41) is 9.12. The number of nitrogens with two attached hydrogens (primary N) is 1. The molecule has 0 amide bonds. The van der Waals surface area contributed by atoms with E-state index in [4.69, 9.17) is 19.7 Å². The summed E-state index contributed by atoms with van der Waals surface area (Å²) >= 11 is 0. The van der Waals surface area contributed by atoms with Crippen molar-refractivity contribution >= 4 is 19.0 Å². The summed E-state index contributed by atoms with van der Waals surface area (Å²) in [6.07, 6.45) is 3.67. The van der Waals surface area contributed by atoms with Crippen molar-refractivity contribution in [2.24, 2.45) is 11.7 Å². The minimum absolute atomic E-state index is 0.0306. The predicted molar refractivity (Wildman–Crippen MR) is 117 cm³/mol. The second kappa shape index (κ2) is 8.56. The summed E-state index contributed by atoms with van der Waals surface area (Å²) in [6.45, 7) is 2.05. The summed E-state index contributed by atoms with van der Waals surface area (Å²) in [5.41, 5.74) is 6.08. The van der Waals surface area contributed by atoms with Gasteiger partial charge < -0.3 is 19.7 Å². The molecule has 0 bridgehead atoms. The summed E-state index contributed by atoms with van der Waals surface area (Å²) in [4.78, 5) is 22.8. The Hall–Kier alpha value is -2.90. The fraction of sp³-hybridized carbons (Fsp3) is 0.409. The van der Waals surface area contributed by atoms with E-state index in [0.717, 1.165) is 25.7 Å². The second-order valence-corrected chi connectivity index (χ2v) is 11.0. The van der Waals surface area contributed by atoms with Gasteiger partial charge in [-0.25, -0.2) is 4.79 Å². The number of non-ortho nitro benzene ring substituents is 1. The third kappa shape index (κ3) is 4.49. The van der Waals surface area contributed by atoms with Crippen LogP contribution in [0, 0.1) is 16.0 Å². The highest BCUT2D eigenvalue weighted by atomic mass is 31.2. The third-order valence-electron chi connectivity index (χ3n) is 5.96. The second-order valence-electron chi connectivity index (χ2n) is 8.38. The number of ether oxygens (including phenoxy) is 2. The lowest BCUT2D eigenvalue weighted by Gasteiger charge is -2.29. The zero-order chi connectivity index (χ0) is 22.9. The first-order valence-electron chi connectivity index (χ1n) is 10.5. The molecule has 2 fully saturated rings. The molecule has 1 aliphatic carbocycles. The molecule has 1 aliphatic heterocycles. The van der Waals surface area contributed by atoms with E-state index in [-0.39, 0.29) is 23.9 Å². The van der Waals surface area contributed by atoms with E-state index in [1.54, 1.807) is 24.3 Å². The number of carbonyl (C=O) groups excluding carboxylic acids is 1. The lowest BCUT2D eigenvalue weighted by atomic mass is 9.88. The number of benzene rings is 2. The predicted octanol–water partition coefficient (Wildman–Crippen LogP) is 4.83. The maximum Gasteiger partial charge on any atom is 0.338 e. The van der Waals surface area contributed by atoms with Gasteiger partial charge in [0.05, 0.1) is 11.1 Å². The monoisotopic (exact) mass is 460 g/mol. The topological polar surface area (TPSA) is 131 Å². The van der Waals surface area contributed by atoms with Gasteiger partial charge in [0.2, 0.25) is 5.28 Å². The van der Waals surface area contributed by atoms with Gasteiger partial charge in [-0.15, -0.1) is 0 Å². The van der Waals surface area contributed by atoms with E-state index in [1.165, 1.54) is 24.3 Å². The standard InChI is InChI=1S/C22H25N2O7P/c1-15-4-2-3-5-20(15)30-21(25)22(23)14-32(22,28)31-19-12-10-18(11-13-19)29-17-8-6-16(7-9-17)24(26)27/h6-13,15,20H,2-5,14,23H2,1H3/t15?,20?,22-,32?/m1/s1. The molecule has 2 aliphatic rings. The zero-order valence-electron chi connectivity index (χ0n) is 17.6. The third-order valence-corrected chi connectivity index (χ3v) is 8.55. The quantitative estimate of drug-likeness (QED) is 0.269. The highest BCUT2D eigenvalue weighted by molar-refractivity contribution is 7.70. The van der Waals surface area contributed by atoms with Gasteiger partial charge in [0.15, 0.2) is 0 Å². The SMILES string of the molecule is CC1CCCCC1OC(=O)[C@@]1(N)CP1(=O)Oc1ccc(Oc2ccc([N+](=O)[O-])cc2)cc1. The Morgan fingerprint density at radius 2 is 1.62 bits per heavy atom. The van der Waals surface area contributed by atoms with Gasteiger partial charge in [-0.3, -0.25) is 14.7 Å². The normalized spacial score (nSPS) is 29.1. The maximum absolute atomic E-state index is 13.0. The van der Waals surface area contributed by atoms with Crippen LogP contribution >= 0.6 is 7.37 Å². The average molecular weight is 460 g/mol. The molecule has 9 nitrogen and oxygen atoms in total. The average Bonchev–Trinajstić information content (AvgIpc) is 3.33. The Morgan fingerprint density at radius 3 is 2.22 bits per heavy atom. The summed E-state index contributed by atoms with van der Waals surface area (Å²) in [5.74, 6) is 0.803. The molecule has 0 radical (unpaired) electrons. The number of rotatable bonds is 7. The molecule has 4 rings (SSSR count). The van der Waals surface area contributed by atoms with E-state index in [1.807, 2.05) is 6.92 Å². The van der Waals surface area contributed by atoms with Gasteiger partial charge in [0.1, 0.15) is 23.4 Å². The van der Waals surface area contributed by atoms with E-state index in [2.05, 4.69) is 0 Å². The molecule has 2 aromatic rings. The van der Waals surface area contributed by atoms with Gasteiger partial charge >= 0.3 is 5.97 Å². The highest BCUT2D eigenvalue weighted by Crippen LogP contribution is 2.73. The molecule has 1 heterocycles. The number of hydrogen-bond donors (Lipinski definition) is 1. The Bertz CT molecular complexity index is 1060. The molecule has 3 unspecified atom stereocenters. The maximum atomic E-state index is 13.0. The van der Waals surface area contributed by atoms with Gasteiger partial charge in [0.25, 0.3) is 13.1 Å². The number of nitro groups is 1. The Labute approximate surface area is 185 Å². The molecule has 2 N–H and O–H groups in total. The molecular formula is C22H25N2O7P. The smallest absolute Gasteiger partial charge is 0.338 e. The molecule has 0 spiro atoms. The van der Waals surface area contributed by atoms with Crippen molar-refractivity contribution in [2.75, 3.05) is 6.16 Å². The van der Waals surface area contributed by atoms with Crippen LogP contribution in [-0.2, 0) is 14.1 Å². The van der Waals surface area contributed by atoms with Crippen LogP contribution in [0.2, 0.25) is 0 Å². The molecule has 32 heavy (non-hydrogen) atoms. The highest BCUT2D eigenvalue weighted by Gasteiger charge is 2.73. The van der Waals surface area contributed by atoms with Gasteiger partial charge in [-0.1, -0.05) is 13.3 Å². The van der Waals surface area contributed by atoms with Crippen molar-refractivity contribution in [1.82, 2.24) is 0 Å². The van der Waals surface area contributed by atoms with Crippen LogP contribution in [0.15, 0.2) is 48.5 Å². The van der Waals surface area contributed by atoms with E-state index < -0.39 is 23.5 Å². The van der Waals surface area contributed by atoms with Crippen LogP contribution in [0.3, 0.4) is 0 Å². The van der Waals surface area contributed by atoms with E-state index in [0.29, 0.717) is 17.2 Å². The molecule has 1 saturated carbocycles. The van der Waals surface area contributed by atoms with Crippen molar-refractivity contribution in [3.05, 3.63) is 58.6 Å². The molecule has 0 aromatic heterocycles. The summed E-state index contributed by atoms with van der Waals surface area (Å²) in [6, 6.07) is 12.0. The van der Waals surface area contributed by atoms with Crippen molar-refractivity contribution in [3.63, 3.8) is 0 Å². The van der Waals surface area contributed by atoms with Crippen LogP contribution in [-0.4, -0.2) is 28.4 Å². The number of hydrogen-bond acceptors (Lipinski definition) is 8. The van der Waals surface area contributed by atoms with Gasteiger partial charge in [0, 0.05) is 12.1 Å². The largest absolute Gasteiger partial charge is 0.460 e. The molecule has 2 aromatic carbocycles. The fourth-order valence-corrected chi connectivity index (χ4v) is 5.87. The lowest BCUT2D eigenvalue weighted by molar-refractivity contribution is -0.384. The van der Waals surface area contributed by atoms with Crippen LogP contribution < -0.4 is 15.0 Å². The van der Waals surface area contributed by atoms with Gasteiger partial charge in [-0.2, -0.15) is 0 Å². The fourth-order valence-electron chi connectivity index (χ4n) is 3.81. The minimum Gasteiger partial charge on any atom is -0.460 e. The van der Waals surface area contributed by atoms with Crippen LogP contribution in [0.1, 0.15) is 32.6 Å². The first kappa shape index (κ1) is 22.3. The van der Waals surface area contributed by atoms with Crippen molar-refractivity contribution in [1.29, 1.82) is 0 Å². The van der Waals surface area contributed by atoms with Crippen LogP contribution in [0.4, 0.5) is 5.69 Å². The summed E-state index contributed by atoms with van der Waals surface area (Å²) in [7, 11) is -3.40. The number of nitrogens with zero attached hydrogens (tertiary/aromatic N) is 1. The number of nitro benzene ring substituents is 1. The van der Waals surface area contributed by atoms with Crippen molar-refractivity contribution < 1.29 is 28.3 Å². The molecule has 4 atom stereocenters. The molecule has 170 valence electrons. The van der Waals surface area contributed by atoms with E-state index >= 15 is 0 Å². The Kier molecular flexibility index (Phi) is 5.97. The van der Waals surface area contributed by atoms with Crippen molar-refractivity contribution in [3.8, 4) is 17.2 Å². The van der Waals surface area contributed by atoms with E-state index in [9.17, 15) is 19.5 Å². The molecule has 10 heteroatoms. The summed E-state index contributed by atoms with van der Waals surface area (Å²) < 4.78 is 29.9. The first-order valence-corrected chi connectivity index (χ1v) is 12.3. The Balaban J connectivity index is 1.35. The first-order chi connectivity index (χ1) is 15.2. The van der Waals surface area contributed by atoms with Gasteiger partial charge in [-0.05, 0) is 61.6 Å². The minimum atomic E-state index is -3.40. The zero-order valence-corrected chi connectivity index (χ0v) is 18.5. The Morgan fingerprint density at radius 1 is 1.06 bits per heavy atom. The molecular weight excluding hydrogens is 435 g/mol.